The molecule has 0 aliphatic carbocycles. The Morgan fingerprint density at radius 2 is 2.12 bits per heavy atom. The van der Waals surface area contributed by atoms with Crippen LogP contribution in [0.1, 0.15) is 38.3 Å². The molecule has 0 fully saturated rings. The van der Waals surface area contributed by atoms with E-state index in [9.17, 15) is 0 Å². The fourth-order valence-corrected chi connectivity index (χ4v) is 1.48. The molecule has 0 saturated carbocycles. The third kappa shape index (κ3) is 3.60. The summed E-state index contributed by atoms with van der Waals surface area (Å²) in [6.45, 7) is 4.53. The number of hydrogen-bond acceptors (Lipinski definition) is 2. The molecule has 0 radical (unpaired) electrons. The highest BCUT2D eigenvalue weighted by atomic mass is 16.5. The van der Waals surface area contributed by atoms with Gasteiger partial charge in [0.25, 0.3) is 0 Å². The first-order valence-electron chi connectivity index (χ1n) is 5.66. The van der Waals surface area contributed by atoms with Gasteiger partial charge in [-0.1, -0.05) is 25.1 Å². The molecule has 0 amide bonds. The Morgan fingerprint density at radius 1 is 1.38 bits per heavy atom. The molecule has 0 spiro atoms. The minimum Gasteiger partial charge on any atom is -0.492 e. The van der Waals surface area contributed by atoms with E-state index < -0.39 is 0 Å². The second kappa shape index (κ2) is 6.92. The van der Waals surface area contributed by atoms with Crippen molar-refractivity contribution in [3.8, 4) is 17.6 Å². The van der Waals surface area contributed by atoms with Gasteiger partial charge >= 0.3 is 0 Å². The normalized spacial score (nSPS) is 11.4. The highest BCUT2D eigenvalue weighted by molar-refractivity contribution is 5.35. The molecule has 2 N–H and O–H groups in total. The number of para-hydroxylation sites is 1. The molecule has 0 unspecified atom stereocenters. The Kier molecular flexibility index (Phi) is 5.45. The Bertz CT molecular complexity index is 376. The molecular weight excluding hydrogens is 198 g/mol. The Morgan fingerprint density at radius 3 is 2.81 bits per heavy atom. The van der Waals surface area contributed by atoms with Crippen molar-refractivity contribution < 1.29 is 4.74 Å². The second-order valence-corrected chi connectivity index (χ2v) is 3.58. The number of hydrogen-bond donors (Lipinski definition) is 1. The molecule has 1 atom stereocenters. The average Bonchev–Trinajstić information content (AvgIpc) is 2.34. The van der Waals surface area contributed by atoms with Gasteiger partial charge in [0, 0.05) is 18.0 Å². The van der Waals surface area contributed by atoms with Crippen LogP contribution in [0.25, 0.3) is 0 Å². The summed E-state index contributed by atoms with van der Waals surface area (Å²) in [5, 5.41) is 0. The first kappa shape index (κ1) is 12.6. The van der Waals surface area contributed by atoms with Crippen molar-refractivity contribution in [2.75, 3.05) is 6.61 Å². The minimum absolute atomic E-state index is 0.0495. The third-order valence-electron chi connectivity index (χ3n) is 2.42. The number of rotatable bonds is 5. The van der Waals surface area contributed by atoms with Crippen molar-refractivity contribution in [1.82, 2.24) is 0 Å². The van der Waals surface area contributed by atoms with Gasteiger partial charge in [0.1, 0.15) is 5.75 Å². The summed E-state index contributed by atoms with van der Waals surface area (Å²) in [6.07, 6.45) is 1.67. The zero-order chi connectivity index (χ0) is 11.8. The van der Waals surface area contributed by atoms with E-state index in [0.717, 1.165) is 24.2 Å². The molecule has 2 nitrogen and oxygen atoms in total. The topological polar surface area (TPSA) is 35.2 Å². The maximum Gasteiger partial charge on any atom is 0.124 e. The Labute approximate surface area is 97.8 Å². The van der Waals surface area contributed by atoms with Crippen molar-refractivity contribution in [3.05, 3.63) is 29.8 Å². The lowest BCUT2D eigenvalue weighted by Gasteiger charge is -2.14. The van der Waals surface area contributed by atoms with Crippen LogP contribution < -0.4 is 10.5 Å². The molecule has 1 aromatic carbocycles. The van der Waals surface area contributed by atoms with Crippen LogP contribution in [0.2, 0.25) is 0 Å². The summed E-state index contributed by atoms with van der Waals surface area (Å²) in [5.74, 6) is 6.71. The lowest BCUT2D eigenvalue weighted by Crippen LogP contribution is -2.11. The standard InChI is InChI=1S/C14H19NO/c1-3-5-8-11-16-14-10-7-6-9-12(14)13(15)4-2/h6-7,9-10,13H,4,8,11,15H2,1-2H3/t13-/m1/s1. The largest absolute Gasteiger partial charge is 0.492 e. The first-order chi connectivity index (χ1) is 7.79. The molecule has 1 rings (SSSR count). The molecular formula is C14H19NO. The zero-order valence-corrected chi connectivity index (χ0v) is 9.99. The van der Waals surface area contributed by atoms with Gasteiger partial charge < -0.3 is 10.5 Å². The summed E-state index contributed by atoms with van der Waals surface area (Å²) >= 11 is 0. The minimum atomic E-state index is 0.0495. The number of nitrogens with two attached hydrogens (primary N) is 1. The van der Waals surface area contributed by atoms with Gasteiger partial charge in [-0.25, -0.2) is 0 Å². The highest BCUT2D eigenvalue weighted by Gasteiger charge is 2.09. The molecule has 0 aliphatic heterocycles. The summed E-state index contributed by atoms with van der Waals surface area (Å²) in [6, 6.07) is 7.99. The third-order valence-corrected chi connectivity index (χ3v) is 2.42. The quantitative estimate of drug-likeness (QED) is 0.608. The number of benzene rings is 1. The Balaban J connectivity index is 2.66. The van der Waals surface area contributed by atoms with Gasteiger partial charge in [0.05, 0.1) is 6.61 Å². The fourth-order valence-electron chi connectivity index (χ4n) is 1.48. The fraction of sp³-hybridized carbons (Fsp3) is 0.429. The van der Waals surface area contributed by atoms with Crippen molar-refractivity contribution in [1.29, 1.82) is 0 Å². The van der Waals surface area contributed by atoms with Crippen molar-refractivity contribution >= 4 is 0 Å². The van der Waals surface area contributed by atoms with E-state index >= 15 is 0 Å². The summed E-state index contributed by atoms with van der Waals surface area (Å²) in [7, 11) is 0. The van der Waals surface area contributed by atoms with Crippen LogP contribution in [-0.4, -0.2) is 6.61 Å². The van der Waals surface area contributed by atoms with E-state index in [1.807, 2.05) is 31.2 Å². The van der Waals surface area contributed by atoms with Gasteiger partial charge in [-0.15, -0.1) is 11.8 Å². The summed E-state index contributed by atoms with van der Waals surface area (Å²) in [5.41, 5.74) is 7.10. The number of ether oxygens (including phenoxy) is 1. The molecule has 2 heteroatoms. The van der Waals surface area contributed by atoms with Crippen LogP contribution in [0.3, 0.4) is 0 Å². The van der Waals surface area contributed by atoms with E-state index in [4.69, 9.17) is 10.5 Å². The van der Waals surface area contributed by atoms with Gasteiger partial charge in [0.15, 0.2) is 0 Å². The van der Waals surface area contributed by atoms with Gasteiger partial charge in [-0.05, 0) is 19.4 Å². The molecule has 0 aliphatic rings. The lowest BCUT2D eigenvalue weighted by molar-refractivity contribution is 0.321. The molecule has 0 bridgehead atoms. The molecule has 16 heavy (non-hydrogen) atoms. The Hall–Kier alpha value is -1.46. The highest BCUT2D eigenvalue weighted by Crippen LogP contribution is 2.25. The predicted molar refractivity (Wildman–Crippen MR) is 67.2 cm³/mol. The van der Waals surface area contributed by atoms with Crippen molar-refractivity contribution in [3.63, 3.8) is 0 Å². The van der Waals surface area contributed by atoms with Crippen LogP contribution in [-0.2, 0) is 0 Å². The zero-order valence-electron chi connectivity index (χ0n) is 9.99. The monoisotopic (exact) mass is 217 g/mol. The molecule has 86 valence electrons. The molecule has 0 saturated heterocycles. The van der Waals surface area contributed by atoms with Crippen LogP contribution in [0.4, 0.5) is 0 Å². The van der Waals surface area contributed by atoms with E-state index in [1.54, 1.807) is 0 Å². The van der Waals surface area contributed by atoms with E-state index in [0.29, 0.717) is 6.61 Å². The maximum absolute atomic E-state index is 6.02. The van der Waals surface area contributed by atoms with Crippen LogP contribution in [0, 0.1) is 11.8 Å². The van der Waals surface area contributed by atoms with Crippen LogP contribution >= 0.6 is 0 Å². The van der Waals surface area contributed by atoms with Gasteiger partial charge in [-0.3, -0.25) is 0 Å². The lowest BCUT2D eigenvalue weighted by atomic mass is 10.0. The summed E-state index contributed by atoms with van der Waals surface area (Å²) in [4.78, 5) is 0. The average molecular weight is 217 g/mol. The summed E-state index contributed by atoms with van der Waals surface area (Å²) < 4.78 is 5.68. The van der Waals surface area contributed by atoms with E-state index in [-0.39, 0.29) is 6.04 Å². The van der Waals surface area contributed by atoms with Crippen LogP contribution in [0.5, 0.6) is 5.75 Å². The van der Waals surface area contributed by atoms with Crippen molar-refractivity contribution in [2.45, 2.75) is 32.7 Å². The maximum atomic E-state index is 6.02. The van der Waals surface area contributed by atoms with Gasteiger partial charge in [0.2, 0.25) is 0 Å². The first-order valence-corrected chi connectivity index (χ1v) is 5.66. The molecule has 0 heterocycles. The predicted octanol–water partition coefficient (Wildman–Crippen LogP) is 2.89. The molecule has 1 aromatic rings. The second-order valence-electron chi connectivity index (χ2n) is 3.58. The van der Waals surface area contributed by atoms with Crippen molar-refractivity contribution in [2.24, 2.45) is 5.73 Å². The van der Waals surface area contributed by atoms with E-state index in [1.165, 1.54) is 0 Å². The molecule has 0 aromatic heterocycles. The van der Waals surface area contributed by atoms with Gasteiger partial charge in [-0.2, -0.15) is 0 Å². The smallest absolute Gasteiger partial charge is 0.124 e. The van der Waals surface area contributed by atoms with E-state index in [2.05, 4.69) is 18.8 Å². The van der Waals surface area contributed by atoms with Crippen LogP contribution in [0.15, 0.2) is 24.3 Å². The SMILES string of the molecule is CC#CCCOc1ccccc1[C@H](N)CC.